The number of hydrogen-bond donors (Lipinski definition) is 2. The fraction of sp³-hybridized carbons (Fsp3) is 0.208. The van der Waals surface area contributed by atoms with Gasteiger partial charge in [-0.05, 0) is 59.5 Å². The third-order valence-corrected chi connectivity index (χ3v) is 6.29. The molecule has 0 bridgehead atoms. The highest BCUT2D eigenvalue weighted by Crippen LogP contribution is 2.32. The van der Waals surface area contributed by atoms with E-state index in [9.17, 15) is 0 Å². The summed E-state index contributed by atoms with van der Waals surface area (Å²) >= 11 is 3.44. The minimum atomic E-state index is -0.187. The summed E-state index contributed by atoms with van der Waals surface area (Å²) < 4.78 is 12.5. The molecule has 0 saturated carbocycles. The van der Waals surface area contributed by atoms with Crippen LogP contribution in [0.5, 0.6) is 5.75 Å². The van der Waals surface area contributed by atoms with Crippen LogP contribution in [0.15, 0.2) is 74.8 Å². The smallest absolute Gasteiger partial charge is 0.249 e. The Hall–Kier alpha value is -3.59. The average Bonchev–Trinajstić information content (AvgIpc) is 3.52. The van der Waals surface area contributed by atoms with Crippen molar-refractivity contribution in [2.24, 2.45) is 10.9 Å². The third-order valence-electron chi connectivity index (χ3n) is 5.76. The number of benzene rings is 3. The Morgan fingerprint density at radius 3 is 2.76 bits per heavy atom. The molecule has 0 aliphatic carbocycles. The molecule has 5 rings (SSSR count). The van der Waals surface area contributed by atoms with Gasteiger partial charge in [-0.15, -0.1) is 0 Å². The van der Waals surface area contributed by atoms with E-state index in [-0.39, 0.29) is 12.0 Å². The SMILES string of the molecule is N/C(=N\O)N1CCCC1c1nc(-c2ccc3cc(OCc4ccc(Br)cc4)ccc3c2)no1. The second-order valence-corrected chi connectivity index (χ2v) is 8.82. The average molecular weight is 508 g/mol. The second kappa shape index (κ2) is 9.11. The van der Waals surface area contributed by atoms with Gasteiger partial charge in [0.25, 0.3) is 0 Å². The van der Waals surface area contributed by atoms with Crippen molar-refractivity contribution in [1.29, 1.82) is 0 Å². The zero-order valence-electron chi connectivity index (χ0n) is 17.7. The summed E-state index contributed by atoms with van der Waals surface area (Å²) in [5.74, 6) is 1.84. The molecule has 3 aromatic carbocycles. The number of nitrogens with two attached hydrogens (primary N) is 1. The van der Waals surface area contributed by atoms with E-state index in [1.165, 1.54) is 0 Å². The van der Waals surface area contributed by atoms with Crippen LogP contribution < -0.4 is 10.5 Å². The quantitative estimate of drug-likeness (QED) is 0.168. The highest BCUT2D eigenvalue weighted by atomic mass is 79.9. The molecule has 0 spiro atoms. The second-order valence-electron chi connectivity index (χ2n) is 7.90. The van der Waals surface area contributed by atoms with Crippen LogP contribution in [0.4, 0.5) is 0 Å². The Balaban J connectivity index is 1.33. The van der Waals surface area contributed by atoms with Gasteiger partial charge in [-0.3, -0.25) is 0 Å². The van der Waals surface area contributed by atoms with Crippen molar-refractivity contribution in [2.75, 3.05) is 6.54 Å². The maximum absolute atomic E-state index is 9.01. The van der Waals surface area contributed by atoms with E-state index in [0.717, 1.165) is 45.0 Å². The molecule has 1 unspecified atom stereocenters. The molecule has 2 heterocycles. The maximum Gasteiger partial charge on any atom is 0.249 e. The molecule has 4 aromatic rings. The molecule has 9 heteroatoms. The van der Waals surface area contributed by atoms with E-state index >= 15 is 0 Å². The third kappa shape index (κ3) is 4.49. The summed E-state index contributed by atoms with van der Waals surface area (Å²) in [7, 11) is 0. The summed E-state index contributed by atoms with van der Waals surface area (Å²) in [5, 5.41) is 18.4. The van der Waals surface area contributed by atoms with Crippen molar-refractivity contribution < 1.29 is 14.5 Å². The number of hydrogen-bond acceptors (Lipinski definition) is 6. The van der Waals surface area contributed by atoms with Crippen molar-refractivity contribution in [3.8, 4) is 17.1 Å². The highest BCUT2D eigenvalue weighted by molar-refractivity contribution is 9.10. The first kappa shape index (κ1) is 21.3. The van der Waals surface area contributed by atoms with Gasteiger partial charge in [-0.1, -0.05) is 56.6 Å². The number of guanidine groups is 1. The summed E-state index contributed by atoms with van der Waals surface area (Å²) in [5.41, 5.74) is 7.74. The fourth-order valence-corrected chi connectivity index (χ4v) is 4.31. The van der Waals surface area contributed by atoms with Gasteiger partial charge in [0.2, 0.25) is 17.7 Å². The van der Waals surface area contributed by atoms with Gasteiger partial charge in [0, 0.05) is 16.6 Å². The lowest BCUT2D eigenvalue weighted by Gasteiger charge is -2.21. The van der Waals surface area contributed by atoms with Gasteiger partial charge in [0.05, 0.1) is 0 Å². The van der Waals surface area contributed by atoms with Crippen molar-refractivity contribution in [3.63, 3.8) is 0 Å². The number of likely N-dealkylation sites (tertiary alicyclic amines) is 1. The van der Waals surface area contributed by atoms with Crippen molar-refractivity contribution >= 4 is 32.7 Å². The predicted molar refractivity (Wildman–Crippen MR) is 128 cm³/mol. The first-order chi connectivity index (χ1) is 16.1. The van der Waals surface area contributed by atoms with Gasteiger partial charge >= 0.3 is 0 Å². The molecule has 0 radical (unpaired) electrons. The number of aromatic nitrogens is 2. The molecular formula is C24H22BrN5O3. The van der Waals surface area contributed by atoms with Gasteiger partial charge in [-0.2, -0.15) is 4.98 Å². The molecule has 0 amide bonds. The molecular weight excluding hydrogens is 486 g/mol. The molecule has 1 saturated heterocycles. The number of nitrogens with zero attached hydrogens (tertiary/aromatic N) is 4. The largest absolute Gasteiger partial charge is 0.489 e. The zero-order valence-corrected chi connectivity index (χ0v) is 19.3. The van der Waals surface area contributed by atoms with E-state index in [0.29, 0.717) is 24.9 Å². The predicted octanol–water partition coefficient (Wildman–Crippen LogP) is 5.07. The first-order valence-corrected chi connectivity index (χ1v) is 11.4. The van der Waals surface area contributed by atoms with Crippen molar-refractivity contribution in [3.05, 3.63) is 76.6 Å². The Morgan fingerprint density at radius 2 is 1.94 bits per heavy atom. The number of fused-ring (bicyclic) bond motifs is 1. The highest BCUT2D eigenvalue weighted by Gasteiger charge is 2.32. The molecule has 8 nitrogen and oxygen atoms in total. The van der Waals surface area contributed by atoms with Crippen LogP contribution in [0, 0.1) is 0 Å². The summed E-state index contributed by atoms with van der Waals surface area (Å²) in [6.45, 7) is 1.19. The standard InChI is InChI=1S/C24H22BrN5O3/c25-19-8-3-15(4-9-19)14-32-20-10-7-16-12-18(6-5-17(16)13-20)22-27-23(33-29-22)21-2-1-11-30(21)24(26)28-31/h3-10,12-13,21,31H,1-2,11,14H2,(H2,26,28). The lowest BCUT2D eigenvalue weighted by atomic mass is 10.1. The van der Waals surface area contributed by atoms with E-state index in [4.69, 9.17) is 20.2 Å². The number of halogens is 1. The van der Waals surface area contributed by atoms with Crippen molar-refractivity contribution in [1.82, 2.24) is 15.0 Å². The van der Waals surface area contributed by atoms with Crippen LogP contribution in [0.2, 0.25) is 0 Å². The topological polar surface area (TPSA) is 110 Å². The lowest BCUT2D eigenvalue weighted by molar-refractivity contribution is 0.263. The number of oxime groups is 1. The van der Waals surface area contributed by atoms with Crippen LogP contribution >= 0.6 is 15.9 Å². The van der Waals surface area contributed by atoms with E-state index in [1.54, 1.807) is 4.90 Å². The van der Waals surface area contributed by atoms with Crippen LogP contribution in [0.1, 0.15) is 30.3 Å². The molecule has 1 fully saturated rings. The Bertz CT molecular complexity index is 1310. The molecule has 168 valence electrons. The Labute approximate surface area is 198 Å². The van der Waals surface area contributed by atoms with Crippen molar-refractivity contribution in [2.45, 2.75) is 25.5 Å². The van der Waals surface area contributed by atoms with Gasteiger partial charge < -0.3 is 25.1 Å². The van der Waals surface area contributed by atoms with Crippen LogP contribution in [-0.4, -0.2) is 32.8 Å². The summed E-state index contributed by atoms with van der Waals surface area (Å²) in [4.78, 5) is 6.35. The molecule has 3 N–H and O–H groups in total. The molecule has 1 aromatic heterocycles. The van der Waals surface area contributed by atoms with Gasteiger partial charge in [-0.25, -0.2) is 0 Å². The molecule has 33 heavy (non-hydrogen) atoms. The Morgan fingerprint density at radius 1 is 1.15 bits per heavy atom. The zero-order chi connectivity index (χ0) is 22.8. The van der Waals surface area contributed by atoms with Crippen LogP contribution in [-0.2, 0) is 6.61 Å². The fourth-order valence-electron chi connectivity index (χ4n) is 4.04. The molecule has 1 atom stereocenters. The van der Waals surface area contributed by atoms with E-state index in [2.05, 4.69) is 31.2 Å². The molecule has 1 aliphatic rings. The number of rotatable bonds is 5. The summed E-state index contributed by atoms with van der Waals surface area (Å²) in [6, 6.07) is 19.9. The minimum Gasteiger partial charge on any atom is -0.489 e. The van der Waals surface area contributed by atoms with E-state index in [1.807, 2.05) is 60.7 Å². The summed E-state index contributed by atoms with van der Waals surface area (Å²) in [6.07, 6.45) is 1.71. The number of ether oxygens (including phenoxy) is 1. The van der Waals surface area contributed by atoms with Gasteiger partial charge in [0.15, 0.2) is 0 Å². The van der Waals surface area contributed by atoms with E-state index < -0.39 is 0 Å². The van der Waals surface area contributed by atoms with Gasteiger partial charge in [0.1, 0.15) is 18.4 Å². The molecule has 1 aliphatic heterocycles. The Kier molecular flexibility index (Phi) is 5.87. The normalized spacial score (nSPS) is 16.5. The maximum atomic E-state index is 9.01. The monoisotopic (exact) mass is 507 g/mol. The lowest BCUT2D eigenvalue weighted by Crippen LogP contribution is -2.36. The minimum absolute atomic E-state index is 0.0566. The first-order valence-electron chi connectivity index (χ1n) is 10.6. The van der Waals surface area contributed by atoms with Crippen LogP contribution in [0.3, 0.4) is 0 Å². The van der Waals surface area contributed by atoms with Crippen LogP contribution in [0.25, 0.3) is 22.2 Å².